The van der Waals surface area contributed by atoms with Crippen molar-refractivity contribution in [3.05, 3.63) is 63.8 Å². The second-order valence-electron chi connectivity index (χ2n) is 10.9. The topological polar surface area (TPSA) is 79.9 Å². The maximum absolute atomic E-state index is 14.0. The number of halogens is 1. The van der Waals surface area contributed by atoms with Crippen molar-refractivity contribution in [2.24, 2.45) is 0 Å². The molecule has 2 N–H and O–H groups in total. The molecule has 0 bridgehead atoms. The van der Waals surface area contributed by atoms with Crippen molar-refractivity contribution < 1.29 is 14.7 Å². The molecule has 0 radical (unpaired) electrons. The van der Waals surface area contributed by atoms with Gasteiger partial charge in [0.05, 0.1) is 0 Å². The van der Waals surface area contributed by atoms with E-state index in [9.17, 15) is 14.7 Å². The predicted octanol–water partition coefficient (Wildman–Crippen LogP) is 5.57. The number of phenols is 1. The summed E-state index contributed by atoms with van der Waals surface area (Å²) in [5.41, 5.74) is 2.71. The number of nitrogens with zero attached hydrogens (tertiary/aromatic N) is 3. The Labute approximate surface area is 225 Å². The first-order valence-electron chi connectivity index (χ1n) is 13.3. The Morgan fingerprint density at radius 1 is 1.05 bits per heavy atom. The predicted molar refractivity (Wildman–Crippen MR) is 147 cm³/mol. The first kappa shape index (κ1) is 24.5. The van der Waals surface area contributed by atoms with Crippen LogP contribution < -0.4 is 0 Å². The van der Waals surface area contributed by atoms with Crippen molar-refractivity contribution in [1.82, 2.24) is 19.7 Å². The first-order chi connectivity index (χ1) is 17.9. The highest BCUT2D eigenvalue weighted by Gasteiger charge is 2.60. The van der Waals surface area contributed by atoms with E-state index in [2.05, 4.69) is 31.9 Å². The van der Waals surface area contributed by atoms with Crippen LogP contribution in [0.2, 0.25) is 0 Å². The van der Waals surface area contributed by atoms with Gasteiger partial charge in [-0.1, -0.05) is 40.9 Å². The van der Waals surface area contributed by atoms with Crippen LogP contribution >= 0.6 is 15.9 Å². The molecule has 2 saturated heterocycles. The standard InChI is InChI=1S/C29H33BrN4O3/c1-29-18-23-22-17-20(30)10-11-24(22)31-25(23)26(19-8-6-9-21(35)16-19)34(29)28(37)33(27(29)36)15-7-14-32-12-4-2-3-5-13-32/h6,8-11,16-17,26,31,35H,2-5,7,12-15,18H2,1H3. The van der Waals surface area contributed by atoms with Gasteiger partial charge in [-0.25, -0.2) is 4.79 Å². The van der Waals surface area contributed by atoms with Crippen molar-refractivity contribution in [3.8, 4) is 5.75 Å². The highest BCUT2D eigenvalue weighted by atomic mass is 79.9. The number of carbonyl (C=O) groups excluding carboxylic acids is 2. The fourth-order valence-corrected chi connectivity index (χ4v) is 6.90. The van der Waals surface area contributed by atoms with E-state index < -0.39 is 11.6 Å². The molecular weight excluding hydrogens is 532 g/mol. The summed E-state index contributed by atoms with van der Waals surface area (Å²) in [7, 11) is 0. The van der Waals surface area contributed by atoms with Crippen LogP contribution in [-0.2, 0) is 11.2 Å². The van der Waals surface area contributed by atoms with Crippen LogP contribution in [0.15, 0.2) is 46.9 Å². The average Bonchev–Trinajstić information content (AvgIpc) is 3.14. The van der Waals surface area contributed by atoms with Gasteiger partial charge in [-0.2, -0.15) is 0 Å². The molecule has 3 aliphatic heterocycles. The lowest BCUT2D eigenvalue weighted by molar-refractivity contribution is -0.133. The number of phenolic OH excluding ortho intramolecular Hbond substituents is 1. The van der Waals surface area contributed by atoms with Gasteiger partial charge in [0.15, 0.2) is 0 Å². The Morgan fingerprint density at radius 3 is 2.59 bits per heavy atom. The van der Waals surface area contributed by atoms with Crippen LogP contribution in [0.25, 0.3) is 10.9 Å². The number of rotatable bonds is 5. The minimum absolute atomic E-state index is 0.131. The lowest BCUT2D eigenvalue weighted by Crippen LogP contribution is -2.53. The fourth-order valence-electron chi connectivity index (χ4n) is 6.54. The third-order valence-electron chi connectivity index (χ3n) is 8.37. The van der Waals surface area contributed by atoms with Crippen LogP contribution in [0.3, 0.4) is 0 Å². The molecule has 8 heteroatoms. The molecule has 2 aromatic carbocycles. The Kier molecular flexibility index (Phi) is 6.27. The molecule has 2 fully saturated rings. The number of aromatic hydroxyl groups is 1. The van der Waals surface area contributed by atoms with Crippen molar-refractivity contribution in [2.75, 3.05) is 26.2 Å². The van der Waals surface area contributed by atoms with E-state index in [1.165, 1.54) is 30.6 Å². The van der Waals surface area contributed by atoms with Crippen LogP contribution in [-0.4, -0.2) is 68.4 Å². The Balaban J connectivity index is 1.36. The molecule has 0 spiro atoms. The van der Waals surface area contributed by atoms with Gasteiger partial charge in [0.2, 0.25) is 0 Å². The maximum atomic E-state index is 14.0. The number of likely N-dealkylation sites (tertiary alicyclic amines) is 1. The van der Waals surface area contributed by atoms with E-state index >= 15 is 0 Å². The third-order valence-corrected chi connectivity index (χ3v) is 8.86. The molecule has 194 valence electrons. The molecule has 2 unspecified atom stereocenters. The lowest BCUT2D eigenvalue weighted by Gasteiger charge is -2.42. The van der Waals surface area contributed by atoms with Gasteiger partial charge in [-0.05, 0) is 87.3 Å². The number of benzene rings is 2. The molecule has 3 aliphatic rings. The number of aromatic amines is 1. The number of nitrogens with one attached hydrogen (secondary N) is 1. The third kappa shape index (κ3) is 4.14. The summed E-state index contributed by atoms with van der Waals surface area (Å²) in [6.45, 7) is 5.43. The van der Waals surface area contributed by atoms with Crippen molar-refractivity contribution in [2.45, 2.75) is 57.0 Å². The largest absolute Gasteiger partial charge is 0.508 e. The smallest absolute Gasteiger partial charge is 0.328 e. The van der Waals surface area contributed by atoms with E-state index in [0.717, 1.165) is 58.3 Å². The SMILES string of the molecule is CC12Cc3c([nH]c4ccc(Br)cc34)C(c3cccc(O)c3)N1C(=O)N(CCCN1CCCCCC1)C2=O. The Morgan fingerprint density at radius 2 is 1.84 bits per heavy atom. The minimum Gasteiger partial charge on any atom is -0.508 e. The summed E-state index contributed by atoms with van der Waals surface area (Å²) in [5.74, 6) is 0.00553. The van der Waals surface area contributed by atoms with Crippen molar-refractivity contribution >= 4 is 38.8 Å². The molecular formula is C29H33BrN4O3. The van der Waals surface area contributed by atoms with E-state index in [1.807, 2.05) is 25.1 Å². The maximum Gasteiger partial charge on any atom is 0.328 e. The summed E-state index contributed by atoms with van der Waals surface area (Å²) in [4.78, 5) is 37.2. The second-order valence-corrected chi connectivity index (χ2v) is 11.8. The molecule has 1 aromatic heterocycles. The van der Waals surface area contributed by atoms with Gasteiger partial charge in [0, 0.05) is 34.0 Å². The molecule has 3 aromatic rings. The van der Waals surface area contributed by atoms with Gasteiger partial charge < -0.3 is 15.0 Å². The molecule has 7 nitrogen and oxygen atoms in total. The second kappa shape index (κ2) is 9.48. The van der Waals surface area contributed by atoms with Crippen LogP contribution in [0, 0.1) is 0 Å². The van der Waals surface area contributed by atoms with E-state index in [-0.39, 0.29) is 17.7 Å². The summed E-state index contributed by atoms with van der Waals surface area (Å²) in [5, 5.41) is 11.4. The molecule has 3 amide bonds. The van der Waals surface area contributed by atoms with Gasteiger partial charge in [0.25, 0.3) is 5.91 Å². The zero-order chi connectivity index (χ0) is 25.7. The molecule has 4 heterocycles. The Bertz CT molecular complexity index is 1360. The van der Waals surface area contributed by atoms with Gasteiger partial charge >= 0.3 is 6.03 Å². The van der Waals surface area contributed by atoms with Gasteiger partial charge in [-0.15, -0.1) is 0 Å². The number of H-pyrrole nitrogens is 1. The highest BCUT2D eigenvalue weighted by Crippen LogP contribution is 2.49. The van der Waals surface area contributed by atoms with Crippen LogP contribution in [0.1, 0.15) is 61.9 Å². The molecule has 37 heavy (non-hydrogen) atoms. The molecule has 0 saturated carbocycles. The summed E-state index contributed by atoms with van der Waals surface area (Å²) in [6, 6.07) is 12.4. The normalized spacial score (nSPS) is 24.4. The monoisotopic (exact) mass is 564 g/mol. The van der Waals surface area contributed by atoms with Crippen molar-refractivity contribution in [1.29, 1.82) is 0 Å². The number of hydrogen-bond acceptors (Lipinski definition) is 4. The van der Waals surface area contributed by atoms with E-state index in [1.54, 1.807) is 23.1 Å². The Hall–Kier alpha value is -2.84. The lowest BCUT2D eigenvalue weighted by atomic mass is 9.81. The molecule has 2 atom stereocenters. The zero-order valence-electron chi connectivity index (χ0n) is 21.2. The van der Waals surface area contributed by atoms with E-state index in [4.69, 9.17) is 0 Å². The number of hydrogen-bond donors (Lipinski definition) is 2. The number of amides is 3. The van der Waals surface area contributed by atoms with Crippen LogP contribution in [0.5, 0.6) is 5.75 Å². The number of aromatic nitrogens is 1. The highest BCUT2D eigenvalue weighted by molar-refractivity contribution is 9.10. The fraction of sp³-hybridized carbons (Fsp3) is 0.448. The zero-order valence-corrected chi connectivity index (χ0v) is 22.8. The summed E-state index contributed by atoms with van der Waals surface area (Å²) < 4.78 is 0.965. The summed E-state index contributed by atoms with van der Waals surface area (Å²) in [6.07, 6.45) is 6.24. The quantitative estimate of drug-likeness (QED) is 0.397. The number of carbonyl (C=O) groups is 2. The number of fused-ring (bicyclic) bond motifs is 4. The number of urea groups is 1. The van der Waals surface area contributed by atoms with Gasteiger partial charge in [-0.3, -0.25) is 14.6 Å². The van der Waals surface area contributed by atoms with Gasteiger partial charge in [0.1, 0.15) is 17.3 Å². The van der Waals surface area contributed by atoms with E-state index in [0.29, 0.717) is 13.0 Å². The minimum atomic E-state index is -1.000. The average molecular weight is 566 g/mol. The molecule has 0 aliphatic carbocycles. The first-order valence-corrected chi connectivity index (χ1v) is 14.1. The number of imide groups is 1. The van der Waals surface area contributed by atoms with Crippen molar-refractivity contribution in [3.63, 3.8) is 0 Å². The summed E-state index contributed by atoms with van der Waals surface area (Å²) >= 11 is 3.59. The molecule has 6 rings (SSSR count). The van der Waals surface area contributed by atoms with Crippen LogP contribution in [0.4, 0.5) is 4.79 Å².